The Morgan fingerprint density at radius 3 is 2.81 bits per heavy atom. The van der Waals surface area contributed by atoms with Gasteiger partial charge in [-0.2, -0.15) is 0 Å². The predicted molar refractivity (Wildman–Crippen MR) is 83.6 cm³/mol. The van der Waals surface area contributed by atoms with Crippen LogP contribution in [0.1, 0.15) is 31.2 Å². The van der Waals surface area contributed by atoms with Crippen LogP contribution in [0, 0.1) is 17.8 Å². The smallest absolute Gasteiger partial charge is 0.298 e. The lowest BCUT2D eigenvalue weighted by Crippen LogP contribution is -2.45. The van der Waals surface area contributed by atoms with Gasteiger partial charge in [-0.1, -0.05) is 24.1 Å². The van der Waals surface area contributed by atoms with Gasteiger partial charge in [0.25, 0.3) is 5.91 Å². The van der Waals surface area contributed by atoms with E-state index in [9.17, 15) is 4.79 Å². The van der Waals surface area contributed by atoms with E-state index in [1.807, 2.05) is 35.2 Å². The molecule has 2 fully saturated rings. The van der Waals surface area contributed by atoms with Crippen LogP contribution in [0.2, 0.25) is 0 Å². The fraction of sp³-hybridized carbons (Fsp3) is 0.500. The second-order valence-electron chi connectivity index (χ2n) is 5.97. The van der Waals surface area contributed by atoms with Gasteiger partial charge in [-0.25, -0.2) is 0 Å². The van der Waals surface area contributed by atoms with Crippen LogP contribution in [-0.4, -0.2) is 36.5 Å². The van der Waals surface area contributed by atoms with Crippen molar-refractivity contribution < 1.29 is 4.79 Å². The molecule has 0 radical (unpaired) electrons. The molecule has 0 bridgehead atoms. The first-order valence-electron chi connectivity index (χ1n) is 7.92. The molecule has 2 saturated heterocycles. The zero-order valence-electron chi connectivity index (χ0n) is 12.3. The summed E-state index contributed by atoms with van der Waals surface area (Å²) in [6.07, 6.45) is 4.85. The number of nitrogens with zero attached hydrogens (tertiary/aromatic N) is 1. The first-order chi connectivity index (χ1) is 10.3. The maximum atomic E-state index is 12.3. The Labute approximate surface area is 126 Å². The molecule has 1 aromatic carbocycles. The van der Waals surface area contributed by atoms with Crippen molar-refractivity contribution in [1.29, 1.82) is 0 Å². The summed E-state index contributed by atoms with van der Waals surface area (Å²) in [5.74, 6) is 6.34. The largest absolute Gasteiger partial charge is 0.332 e. The van der Waals surface area contributed by atoms with E-state index in [4.69, 9.17) is 0 Å². The van der Waals surface area contributed by atoms with E-state index in [-0.39, 0.29) is 5.91 Å². The fourth-order valence-corrected chi connectivity index (χ4v) is 3.36. The second kappa shape index (κ2) is 6.78. The molecule has 21 heavy (non-hydrogen) atoms. The summed E-state index contributed by atoms with van der Waals surface area (Å²) in [6.45, 7) is 2.84. The molecule has 110 valence electrons. The third kappa shape index (κ3) is 3.65. The second-order valence-corrected chi connectivity index (χ2v) is 5.97. The summed E-state index contributed by atoms with van der Waals surface area (Å²) >= 11 is 0. The molecule has 0 aliphatic carbocycles. The van der Waals surface area contributed by atoms with Crippen LogP contribution in [-0.2, 0) is 4.79 Å². The molecule has 1 aromatic rings. The highest BCUT2D eigenvalue weighted by Crippen LogP contribution is 2.24. The van der Waals surface area contributed by atoms with E-state index < -0.39 is 0 Å². The minimum Gasteiger partial charge on any atom is -0.332 e. The van der Waals surface area contributed by atoms with E-state index >= 15 is 0 Å². The average Bonchev–Trinajstić information content (AvgIpc) is 3.08. The Morgan fingerprint density at radius 2 is 2.05 bits per heavy atom. The van der Waals surface area contributed by atoms with Crippen LogP contribution in [0.25, 0.3) is 0 Å². The molecule has 0 aromatic heterocycles. The third-order valence-electron chi connectivity index (χ3n) is 4.50. The van der Waals surface area contributed by atoms with E-state index in [1.54, 1.807) is 0 Å². The van der Waals surface area contributed by atoms with Crippen LogP contribution in [0.5, 0.6) is 0 Å². The Hall–Kier alpha value is -1.79. The molecule has 3 nitrogen and oxygen atoms in total. The Kier molecular flexibility index (Phi) is 4.57. The van der Waals surface area contributed by atoms with Gasteiger partial charge in [0, 0.05) is 30.6 Å². The van der Waals surface area contributed by atoms with E-state index in [2.05, 4.69) is 17.2 Å². The topological polar surface area (TPSA) is 32.3 Å². The molecular weight excluding hydrogens is 260 g/mol. The van der Waals surface area contributed by atoms with Crippen molar-refractivity contribution in [3.8, 4) is 11.8 Å². The molecule has 1 amide bonds. The van der Waals surface area contributed by atoms with Gasteiger partial charge >= 0.3 is 0 Å². The van der Waals surface area contributed by atoms with Crippen molar-refractivity contribution in [2.24, 2.45) is 5.92 Å². The lowest BCUT2D eigenvalue weighted by molar-refractivity contribution is -0.127. The summed E-state index contributed by atoms with van der Waals surface area (Å²) in [6, 6.07) is 10.3. The Balaban J connectivity index is 1.60. The number of amides is 1. The quantitative estimate of drug-likeness (QED) is 0.799. The standard InChI is InChI=1S/C18H22N2O/c21-18(11-10-15-6-2-1-3-7-15)20-13-5-8-16(14-20)17-9-4-12-19-17/h1-3,6-7,16-17,19H,4-5,8-9,12-14H2. The molecule has 0 spiro atoms. The summed E-state index contributed by atoms with van der Waals surface area (Å²) in [7, 11) is 0. The van der Waals surface area contributed by atoms with Crippen LogP contribution < -0.4 is 5.32 Å². The molecule has 2 aliphatic rings. The molecule has 2 unspecified atom stereocenters. The zero-order valence-corrected chi connectivity index (χ0v) is 12.3. The van der Waals surface area contributed by atoms with Crippen molar-refractivity contribution in [2.75, 3.05) is 19.6 Å². The first kappa shape index (κ1) is 14.2. The molecule has 0 saturated carbocycles. The molecule has 3 heteroatoms. The highest BCUT2D eigenvalue weighted by atomic mass is 16.2. The number of hydrogen-bond acceptors (Lipinski definition) is 2. The van der Waals surface area contributed by atoms with Crippen molar-refractivity contribution in [3.63, 3.8) is 0 Å². The number of likely N-dealkylation sites (tertiary alicyclic amines) is 1. The SMILES string of the molecule is O=C(C#Cc1ccccc1)N1CCCC(C2CCCN2)C1. The van der Waals surface area contributed by atoms with E-state index in [0.29, 0.717) is 12.0 Å². The van der Waals surface area contributed by atoms with Gasteiger partial charge in [-0.05, 0) is 50.3 Å². The summed E-state index contributed by atoms with van der Waals surface area (Å²) in [4.78, 5) is 14.2. The minimum atomic E-state index is -0.0263. The maximum Gasteiger partial charge on any atom is 0.298 e. The van der Waals surface area contributed by atoms with Gasteiger partial charge in [0.2, 0.25) is 0 Å². The molecule has 1 N–H and O–H groups in total. The Morgan fingerprint density at radius 1 is 1.19 bits per heavy atom. The number of rotatable bonds is 1. The van der Waals surface area contributed by atoms with E-state index in [0.717, 1.165) is 31.6 Å². The number of benzene rings is 1. The van der Waals surface area contributed by atoms with Gasteiger partial charge in [-0.3, -0.25) is 4.79 Å². The molecular formula is C18H22N2O. The van der Waals surface area contributed by atoms with Gasteiger partial charge in [0.05, 0.1) is 0 Å². The average molecular weight is 282 g/mol. The summed E-state index contributed by atoms with van der Waals surface area (Å²) in [5, 5.41) is 3.57. The van der Waals surface area contributed by atoms with Crippen LogP contribution in [0.15, 0.2) is 30.3 Å². The summed E-state index contributed by atoms with van der Waals surface area (Å²) < 4.78 is 0. The van der Waals surface area contributed by atoms with Crippen molar-refractivity contribution in [2.45, 2.75) is 31.7 Å². The minimum absolute atomic E-state index is 0.0263. The number of carbonyl (C=O) groups excluding carboxylic acids is 1. The Bertz CT molecular complexity index is 537. The molecule has 2 heterocycles. The zero-order chi connectivity index (χ0) is 14.5. The van der Waals surface area contributed by atoms with Gasteiger partial charge in [0.1, 0.15) is 0 Å². The first-order valence-corrected chi connectivity index (χ1v) is 7.92. The highest BCUT2D eigenvalue weighted by molar-refractivity contribution is 5.94. The van der Waals surface area contributed by atoms with Gasteiger partial charge in [-0.15, -0.1) is 0 Å². The number of nitrogens with one attached hydrogen (secondary N) is 1. The monoisotopic (exact) mass is 282 g/mol. The summed E-state index contributed by atoms with van der Waals surface area (Å²) in [5.41, 5.74) is 0.900. The molecule has 2 aliphatic heterocycles. The third-order valence-corrected chi connectivity index (χ3v) is 4.50. The number of hydrogen-bond donors (Lipinski definition) is 1. The van der Waals surface area contributed by atoms with Gasteiger partial charge < -0.3 is 10.2 Å². The van der Waals surface area contributed by atoms with Crippen molar-refractivity contribution in [1.82, 2.24) is 10.2 Å². The number of piperidine rings is 1. The van der Waals surface area contributed by atoms with Crippen LogP contribution in [0.4, 0.5) is 0 Å². The molecule has 3 rings (SSSR count). The predicted octanol–water partition coefficient (Wildman–Crippen LogP) is 2.03. The maximum absolute atomic E-state index is 12.3. The van der Waals surface area contributed by atoms with E-state index in [1.165, 1.54) is 19.3 Å². The lowest BCUT2D eigenvalue weighted by Gasteiger charge is -2.34. The fourth-order valence-electron chi connectivity index (χ4n) is 3.36. The van der Waals surface area contributed by atoms with Crippen molar-refractivity contribution in [3.05, 3.63) is 35.9 Å². The lowest BCUT2D eigenvalue weighted by atomic mass is 9.90. The normalized spacial score (nSPS) is 25.2. The molecule has 2 atom stereocenters. The van der Waals surface area contributed by atoms with Crippen LogP contribution >= 0.6 is 0 Å². The van der Waals surface area contributed by atoms with Crippen molar-refractivity contribution >= 4 is 5.91 Å². The van der Waals surface area contributed by atoms with Gasteiger partial charge in [0.15, 0.2) is 0 Å². The highest BCUT2D eigenvalue weighted by Gasteiger charge is 2.30. The van der Waals surface area contributed by atoms with Crippen LogP contribution in [0.3, 0.4) is 0 Å². The number of carbonyl (C=O) groups is 1.